The van der Waals surface area contributed by atoms with Crippen molar-refractivity contribution in [2.45, 2.75) is 32.6 Å². The van der Waals surface area contributed by atoms with Crippen LogP contribution in [0, 0.1) is 0 Å². The third-order valence-electron chi connectivity index (χ3n) is 7.00. The zero-order chi connectivity index (χ0) is 29.0. The Morgan fingerprint density at radius 3 is 2.39 bits per heavy atom. The smallest absolute Gasteiger partial charge is 0.305 e. The molecule has 0 radical (unpaired) electrons. The summed E-state index contributed by atoms with van der Waals surface area (Å²) >= 11 is 0. The normalized spacial score (nSPS) is 13.0. The zero-order valence-corrected chi connectivity index (χ0v) is 24.1. The third kappa shape index (κ3) is 8.13. The number of unbranched alkanes of at least 4 members (excludes halogenated alkanes) is 2. The Bertz CT molecular complexity index is 1310. The fourth-order valence-electron chi connectivity index (χ4n) is 4.78. The highest BCUT2D eigenvalue weighted by Crippen LogP contribution is 2.31. The van der Waals surface area contributed by atoms with Gasteiger partial charge in [0.2, 0.25) is 0 Å². The van der Waals surface area contributed by atoms with Crippen molar-refractivity contribution in [2.75, 3.05) is 58.5 Å². The summed E-state index contributed by atoms with van der Waals surface area (Å²) in [6.07, 6.45) is 3.06. The standard InChI is InChI=1S/C32H39N3O6/c1-4-40-31(36)14-6-5-7-21-41-26-11-8-10-25(23-26)34-17-19-35(20-18-34)32(37)28-13-9-12-27(33-28)24-15-16-29(38-2)30(22-24)39-3/h8-13,15-16,22-23H,4-7,14,17-21H2,1-3H3. The number of hydrogen-bond donors (Lipinski definition) is 0. The van der Waals surface area contributed by atoms with Gasteiger partial charge in [0.25, 0.3) is 5.91 Å². The molecule has 9 nitrogen and oxygen atoms in total. The van der Waals surface area contributed by atoms with Crippen molar-refractivity contribution in [2.24, 2.45) is 0 Å². The van der Waals surface area contributed by atoms with E-state index in [1.54, 1.807) is 20.3 Å². The van der Waals surface area contributed by atoms with Crippen LogP contribution in [-0.2, 0) is 9.53 Å². The van der Waals surface area contributed by atoms with E-state index in [9.17, 15) is 9.59 Å². The molecule has 1 amide bonds. The molecular formula is C32H39N3O6. The number of hydrogen-bond acceptors (Lipinski definition) is 8. The minimum absolute atomic E-state index is 0.0768. The Balaban J connectivity index is 1.28. The molecule has 41 heavy (non-hydrogen) atoms. The van der Waals surface area contributed by atoms with Crippen molar-refractivity contribution in [3.05, 3.63) is 66.4 Å². The Morgan fingerprint density at radius 2 is 1.63 bits per heavy atom. The minimum atomic E-state index is -0.137. The van der Waals surface area contributed by atoms with E-state index >= 15 is 0 Å². The number of methoxy groups -OCH3 is 2. The Hall–Kier alpha value is -4.27. The van der Waals surface area contributed by atoms with Crippen LogP contribution in [0.15, 0.2) is 60.7 Å². The number of anilines is 1. The first-order chi connectivity index (χ1) is 20.0. The number of amides is 1. The van der Waals surface area contributed by atoms with Gasteiger partial charge in [0.15, 0.2) is 11.5 Å². The van der Waals surface area contributed by atoms with E-state index < -0.39 is 0 Å². The first kappa shape index (κ1) is 29.7. The molecule has 0 bridgehead atoms. The third-order valence-corrected chi connectivity index (χ3v) is 7.00. The summed E-state index contributed by atoms with van der Waals surface area (Å²) < 4.78 is 21.7. The summed E-state index contributed by atoms with van der Waals surface area (Å²) in [5.74, 6) is 1.86. The van der Waals surface area contributed by atoms with Gasteiger partial charge in [-0.05, 0) is 68.7 Å². The van der Waals surface area contributed by atoms with Gasteiger partial charge in [-0.25, -0.2) is 4.98 Å². The first-order valence-corrected chi connectivity index (χ1v) is 14.1. The van der Waals surface area contributed by atoms with E-state index in [1.165, 1.54) is 0 Å². The summed E-state index contributed by atoms with van der Waals surface area (Å²) in [4.78, 5) is 33.5. The lowest BCUT2D eigenvalue weighted by Gasteiger charge is -2.36. The number of carbonyl (C=O) groups is 2. The van der Waals surface area contributed by atoms with Crippen LogP contribution in [0.1, 0.15) is 43.1 Å². The molecule has 1 aliphatic rings. The number of pyridine rings is 1. The van der Waals surface area contributed by atoms with E-state index in [4.69, 9.17) is 18.9 Å². The number of nitrogens with zero attached hydrogens (tertiary/aromatic N) is 3. The van der Waals surface area contributed by atoms with E-state index in [-0.39, 0.29) is 11.9 Å². The second kappa shape index (κ2) is 14.9. The molecule has 0 aliphatic carbocycles. The Labute approximate surface area is 242 Å². The fourth-order valence-corrected chi connectivity index (χ4v) is 4.78. The molecule has 0 spiro atoms. The van der Waals surface area contributed by atoms with Crippen LogP contribution in [0.3, 0.4) is 0 Å². The average molecular weight is 562 g/mol. The highest BCUT2D eigenvalue weighted by atomic mass is 16.5. The molecule has 1 aromatic heterocycles. The highest BCUT2D eigenvalue weighted by Gasteiger charge is 2.24. The molecule has 2 aromatic carbocycles. The number of ether oxygens (including phenoxy) is 4. The lowest BCUT2D eigenvalue weighted by atomic mass is 10.1. The van der Waals surface area contributed by atoms with Crippen molar-refractivity contribution >= 4 is 17.6 Å². The molecular weight excluding hydrogens is 522 g/mol. The summed E-state index contributed by atoms with van der Waals surface area (Å²) in [6.45, 7) is 5.50. The van der Waals surface area contributed by atoms with Crippen molar-refractivity contribution in [3.63, 3.8) is 0 Å². The van der Waals surface area contributed by atoms with Gasteiger partial charge < -0.3 is 28.7 Å². The maximum atomic E-state index is 13.3. The average Bonchev–Trinajstić information content (AvgIpc) is 3.02. The number of esters is 1. The van der Waals surface area contributed by atoms with E-state index in [0.717, 1.165) is 49.4 Å². The van der Waals surface area contributed by atoms with Gasteiger partial charge in [-0.15, -0.1) is 0 Å². The Kier molecular flexibility index (Phi) is 10.8. The van der Waals surface area contributed by atoms with Crippen LogP contribution in [0.5, 0.6) is 17.2 Å². The number of carbonyl (C=O) groups excluding carboxylic acids is 2. The molecule has 4 rings (SSSR count). The topological polar surface area (TPSA) is 90.4 Å². The van der Waals surface area contributed by atoms with Crippen LogP contribution in [0.2, 0.25) is 0 Å². The van der Waals surface area contributed by atoms with E-state index in [0.29, 0.717) is 55.6 Å². The van der Waals surface area contributed by atoms with E-state index in [1.807, 2.05) is 60.4 Å². The second-order valence-corrected chi connectivity index (χ2v) is 9.72. The molecule has 1 fully saturated rings. The molecule has 9 heteroatoms. The fraction of sp³-hybridized carbons (Fsp3) is 0.406. The highest BCUT2D eigenvalue weighted by molar-refractivity contribution is 5.93. The Morgan fingerprint density at radius 1 is 0.854 bits per heavy atom. The summed E-state index contributed by atoms with van der Waals surface area (Å²) in [5, 5.41) is 0. The minimum Gasteiger partial charge on any atom is -0.494 e. The zero-order valence-electron chi connectivity index (χ0n) is 24.1. The second-order valence-electron chi connectivity index (χ2n) is 9.72. The molecule has 0 atom stereocenters. The largest absolute Gasteiger partial charge is 0.494 e. The predicted molar refractivity (Wildman–Crippen MR) is 158 cm³/mol. The molecule has 0 unspecified atom stereocenters. The molecule has 1 saturated heterocycles. The quantitative estimate of drug-likeness (QED) is 0.207. The monoisotopic (exact) mass is 561 g/mol. The van der Waals surface area contributed by atoms with Crippen LogP contribution in [-0.4, -0.2) is 75.4 Å². The molecule has 0 N–H and O–H groups in total. The number of piperazine rings is 1. The van der Waals surface area contributed by atoms with Gasteiger partial charge in [-0.3, -0.25) is 9.59 Å². The van der Waals surface area contributed by atoms with Gasteiger partial charge in [-0.1, -0.05) is 12.1 Å². The lowest BCUT2D eigenvalue weighted by Crippen LogP contribution is -2.49. The van der Waals surface area contributed by atoms with Gasteiger partial charge in [-0.2, -0.15) is 0 Å². The van der Waals surface area contributed by atoms with Gasteiger partial charge in [0.1, 0.15) is 11.4 Å². The maximum Gasteiger partial charge on any atom is 0.305 e. The lowest BCUT2D eigenvalue weighted by molar-refractivity contribution is -0.143. The number of benzene rings is 2. The SMILES string of the molecule is CCOC(=O)CCCCCOc1cccc(N2CCN(C(=O)c3cccc(-c4ccc(OC)c(OC)c4)n3)CC2)c1. The molecule has 218 valence electrons. The van der Waals surface area contributed by atoms with E-state index in [2.05, 4.69) is 16.0 Å². The van der Waals surface area contributed by atoms with Crippen LogP contribution < -0.4 is 19.1 Å². The van der Waals surface area contributed by atoms with Crippen LogP contribution in [0.4, 0.5) is 5.69 Å². The molecule has 1 aliphatic heterocycles. The predicted octanol–water partition coefficient (Wildman–Crippen LogP) is 5.23. The molecule has 2 heterocycles. The summed E-state index contributed by atoms with van der Waals surface area (Å²) in [5.41, 5.74) is 3.04. The van der Waals surface area contributed by atoms with Gasteiger partial charge in [0, 0.05) is 49.9 Å². The first-order valence-electron chi connectivity index (χ1n) is 14.1. The van der Waals surface area contributed by atoms with Gasteiger partial charge >= 0.3 is 5.97 Å². The number of rotatable bonds is 13. The molecule has 3 aromatic rings. The number of aromatic nitrogens is 1. The van der Waals surface area contributed by atoms with Crippen molar-refractivity contribution in [1.29, 1.82) is 0 Å². The van der Waals surface area contributed by atoms with Crippen molar-refractivity contribution in [3.8, 4) is 28.5 Å². The van der Waals surface area contributed by atoms with Crippen LogP contribution in [0.25, 0.3) is 11.3 Å². The summed E-state index contributed by atoms with van der Waals surface area (Å²) in [6, 6.07) is 19.2. The van der Waals surface area contributed by atoms with Crippen LogP contribution >= 0.6 is 0 Å². The maximum absolute atomic E-state index is 13.3. The van der Waals surface area contributed by atoms with Crippen molar-refractivity contribution in [1.82, 2.24) is 9.88 Å². The van der Waals surface area contributed by atoms with Crippen molar-refractivity contribution < 1.29 is 28.5 Å². The molecule has 0 saturated carbocycles. The van der Waals surface area contributed by atoms with Gasteiger partial charge in [0.05, 0.1) is 33.1 Å². The summed E-state index contributed by atoms with van der Waals surface area (Å²) in [7, 11) is 3.19.